The third-order valence-electron chi connectivity index (χ3n) is 4.21. The SMILES string of the molecule is N[C@@H]1CC[C@@H](c2cccc(F)c2F)CN(c2ccncc2)C1=O. The highest BCUT2D eigenvalue weighted by Crippen LogP contribution is 2.31. The zero-order valence-corrected chi connectivity index (χ0v) is 12.5. The highest BCUT2D eigenvalue weighted by Gasteiger charge is 2.31. The highest BCUT2D eigenvalue weighted by molar-refractivity contribution is 5.97. The van der Waals surface area contributed by atoms with E-state index in [1.807, 2.05) is 0 Å². The van der Waals surface area contributed by atoms with Gasteiger partial charge in [0.15, 0.2) is 11.6 Å². The van der Waals surface area contributed by atoms with E-state index in [9.17, 15) is 13.6 Å². The van der Waals surface area contributed by atoms with Gasteiger partial charge in [0.2, 0.25) is 5.91 Å². The molecule has 1 aromatic heterocycles. The molecule has 0 radical (unpaired) electrons. The van der Waals surface area contributed by atoms with Crippen molar-refractivity contribution in [3.8, 4) is 0 Å². The van der Waals surface area contributed by atoms with E-state index in [2.05, 4.69) is 4.98 Å². The molecule has 4 nitrogen and oxygen atoms in total. The maximum atomic E-state index is 14.1. The van der Waals surface area contributed by atoms with Crippen molar-refractivity contribution in [3.05, 3.63) is 59.9 Å². The van der Waals surface area contributed by atoms with Gasteiger partial charge in [0, 0.05) is 30.5 Å². The van der Waals surface area contributed by atoms with E-state index in [0.717, 1.165) is 6.07 Å². The molecular weight excluding hydrogens is 300 g/mol. The van der Waals surface area contributed by atoms with Crippen LogP contribution in [0.5, 0.6) is 0 Å². The van der Waals surface area contributed by atoms with Crippen molar-refractivity contribution in [1.29, 1.82) is 0 Å². The van der Waals surface area contributed by atoms with Crippen LogP contribution < -0.4 is 10.6 Å². The Morgan fingerprint density at radius 2 is 1.87 bits per heavy atom. The minimum absolute atomic E-state index is 0.212. The molecule has 1 aromatic carbocycles. The third-order valence-corrected chi connectivity index (χ3v) is 4.21. The largest absolute Gasteiger partial charge is 0.320 e. The minimum atomic E-state index is -0.877. The van der Waals surface area contributed by atoms with Gasteiger partial charge in [-0.05, 0) is 36.6 Å². The van der Waals surface area contributed by atoms with Gasteiger partial charge in [0.1, 0.15) is 0 Å². The Kier molecular flexibility index (Phi) is 4.34. The molecule has 120 valence electrons. The molecule has 1 aliphatic heterocycles. The van der Waals surface area contributed by atoms with Crippen LogP contribution in [0.4, 0.5) is 14.5 Å². The van der Waals surface area contributed by atoms with Crippen LogP contribution in [0.2, 0.25) is 0 Å². The summed E-state index contributed by atoms with van der Waals surface area (Å²) in [6, 6.07) is 6.90. The van der Waals surface area contributed by atoms with Gasteiger partial charge in [-0.2, -0.15) is 0 Å². The maximum absolute atomic E-state index is 14.1. The predicted octanol–water partition coefficient (Wildman–Crippen LogP) is 2.60. The van der Waals surface area contributed by atoms with E-state index in [1.54, 1.807) is 30.6 Å². The lowest BCUT2D eigenvalue weighted by atomic mass is 9.93. The van der Waals surface area contributed by atoms with Crippen LogP contribution in [0, 0.1) is 11.6 Å². The predicted molar refractivity (Wildman–Crippen MR) is 82.9 cm³/mol. The Bertz CT molecular complexity index is 708. The average molecular weight is 317 g/mol. The number of hydrogen-bond acceptors (Lipinski definition) is 3. The number of nitrogens with two attached hydrogens (primary N) is 1. The standard InChI is InChI=1S/C17H17F2N3O/c18-14-3-1-2-13(16(14)19)11-4-5-15(20)17(23)22(10-11)12-6-8-21-9-7-12/h1-3,6-9,11,15H,4-5,10,20H2/t11-,15-/m1/s1. The number of halogens is 2. The van der Waals surface area contributed by atoms with Crippen LogP contribution in [0.15, 0.2) is 42.7 Å². The number of anilines is 1. The molecule has 2 heterocycles. The fourth-order valence-electron chi connectivity index (χ4n) is 2.95. The first-order chi connectivity index (χ1) is 11.1. The van der Waals surface area contributed by atoms with Gasteiger partial charge >= 0.3 is 0 Å². The van der Waals surface area contributed by atoms with Crippen molar-refractivity contribution in [2.45, 2.75) is 24.8 Å². The molecule has 23 heavy (non-hydrogen) atoms. The average Bonchev–Trinajstić information content (AvgIpc) is 2.71. The Balaban J connectivity index is 1.97. The zero-order chi connectivity index (χ0) is 16.4. The molecule has 6 heteroatoms. The summed E-state index contributed by atoms with van der Waals surface area (Å²) in [6.45, 7) is 0.261. The Morgan fingerprint density at radius 3 is 2.61 bits per heavy atom. The molecule has 3 rings (SSSR count). The molecule has 0 saturated carbocycles. The summed E-state index contributed by atoms with van der Waals surface area (Å²) >= 11 is 0. The molecule has 1 fully saturated rings. The van der Waals surface area contributed by atoms with E-state index >= 15 is 0 Å². The van der Waals surface area contributed by atoms with Crippen molar-refractivity contribution in [3.63, 3.8) is 0 Å². The Hall–Kier alpha value is -2.34. The summed E-state index contributed by atoms with van der Waals surface area (Å²) in [6.07, 6.45) is 4.11. The van der Waals surface area contributed by atoms with Crippen molar-refractivity contribution in [2.24, 2.45) is 5.73 Å². The van der Waals surface area contributed by atoms with Crippen LogP contribution in [-0.2, 0) is 4.79 Å². The molecule has 0 spiro atoms. The van der Waals surface area contributed by atoms with E-state index in [1.165, 1.54) is 11.0 Å². The first-order valence-corrected chi connectivity index (χ1v) is 7.49. The number of pyridine rings is 1. The second-order valence-electron chi connectivity index (χ2n) is 5.68. The summed E-state index contributed by atoms with van der Waals surface area (Å²) < 4.78 is 27.6. The smallest absolute Gasteiger partial charge is 0.243 e. The molecule has 0 bridgehead atoms. The van der Waals surface area contributed by atoms with Crippen LogP contribution in [0.3, 0.4) is 0 Å². The van der Waals surface area contributed by atoms with Gasteiger partial charge in [-0.25, -0.2) is 8.78 Å². The lowest BCUT2D eigenvalue weighted by Crippen LogP contribution is -2.43. The highest BCUT2D eigenvalue weighted by atomic mass is 19.2. The van der Waals surface area contributed by atoms with Gasteiger partial charge in [-0.3, -0.25) is 9.78 Å². The van der Waals surface area contributed by atoms with E-state index in [4.69, 9.17) is 5.73 Å². The molecule has 2 atom stereocenters. The van der Waals surface area contributed by atoms with E-state index in [0.29, 0.717) is 18.5 Å². The van der Waals surface area contributed by atoms with Crippen LogP contribution >= 0.6 is 0 Å². The molecule has 0 unspecified atom stereocenters. The number of hydrogen-bond donors (Lipinski definition) is 1. The van der Waals surface area contributed by atoms with Crippen LogP contribution in [0.25, 0.3) is 0 Å². The summed E-state index contributed by atoms with van der Waals surface area (Å²) in [5.41, 5.74) is 6.88. The van der Waals surface area contributed by atoms with Crippen molar-refractivity contribution in [1.82, 2.24) is 4.98 Å². The van der Waals surface area contributed by atoms with Gasteiger partial charge in [-0.15, -0.1) is 0 Å². The van der Waals surface area contributed by atoms with Crippen molar-refractivity contribution < 1.29 is 13.6 Å². The Morgan fingerprint density at radius 1 is 1.13 bits per heavy atom. The molecule has 1 aliphatic rings. The molecule has 1 amide bonds. The van der Waals surface area contributed by atoms with Crippen LogP contribution in [0.1, 0.15) is 24.3 Å². The summed E-state index contributed by atoms with van der Waals surface area (Å²) in [7, 11) is 0. The summed E-state index contributed by atoms with van der Waals surface area (Å²) in [5, 5.41) is 0. The van der Waals surface area contributed by atoms with Crippen molar-refractivity contribution in [2.75, 3.05) is 11.4 Å². The summed E-state index contributed by atoms with van der Waals surface area (Å²) in [4.78, 5) is 18.0. The fourth-order valence-corrected chi connectivity index (χ4v) is 2.95. The van der Waals surface area contributed by atoms with E-state index < -0.39 is 17.7 Å². The van der Waals surface area contributed by atoms with Crippen LogP contribution in [-0.4, -0.2) is 23.5 Å². The Labute approximate surface area is 132 Å². The first kappa shape index (κ1) is 15.6. The fraction of sp³-hybridized carbons (Fsp3) is 0.294. The number of benzene rings is 1. The first-order valence-electron chi connectivity index (χ1n) is 7.49. The second kappa shape index (κ2) is 6.42. The van der Waals surface area contributed by atoms with E-state index in [-0.39, 0.29) is 23.9 Å². The topological polar surface area (TPSA) is 59.2 Å². The zero-order valence-electron chi connectivity index (χ0n) is 12.5. The molecular formula is C17H17F2N3O. The number of nitrogens with zero attached hydrogens (tertiary/aromatic N) is 2. The molecule has 2 N–H and O–H groups in total. The van der Waals surface area contributed by atoms with Gasteiger partial charge in [0.25, 0.3) is 0 Å². The third kappa shape index (κ3) is 3.07. The van der Waals surface area contributed by atoms with Gasteiger partial charge in [-0.1, -0.05) is 12.1 Å². The van der Waals surface area contributed by atoms with Gasteiger partial charge in [0.05, 0.1) is 6.04 Å². The number of aromatic nitrogens is 1. The molecule has 1 saturated heterocycles. The quantitative estimate of drug-likeness (QED) is 0.926. The minimum Gasteiger partial charge on any atom is -0.320 e. The molecule has 2 aromatic rings. The lowest BCUT2D eigenvalue weighted by Gasteiger charge is -2.26. The lowest BCUT2D eigenvalue weighted by molar-refractivity contribution is -0.119. The monoisotopic (exact) mass is 317 g/mol. The number of carbonyl (C=O) groups excluding carboxylic acids is 1. The number of amides is 1. The number of rotatable bonds is 2. The maximum Gasteiger partial charge on any atom is 0.243 e. The normalized spacial score (nSPS) is 22.0. The molecule has 0 aliphatic carbocycles. The van der Waals surface area contributed by atoms with Crippen molar-refractivity contribution >= 4 is 11.6 Å². The van der Waals surface area contributed by atoms with Gasteiger partial charge < -0.3 is 10.6 Å². The summed E-state index contributed by atoms with van der Waals surface area (Å²) in [5.74, 6) is -2.25. The number of carbonyl (C=O) groups is 1. The second-order valence-corrected chi connectivity index (χ2v) is 5.68.